The molecule has 12 atom stereocenters. The van der Waals surface area contributed by atoms with Gasteiger partial charge in [-0.25, -0.2) is 0 Å². The van der Waals surface area contributed by atoms with E-state index in [9.17, 15) is 20.1 Å². The first-order valence-corrected chi connectivity index (χ1v) is 14.9. The lowest BCUT2D eigenvalue weighted by Gasteiger charge is -2.40. The highest BCUT2D eigenvalue weighted by Gasteiger charge is 2.45. The van der Waals surface area contributed by atoms with Crippen molar-refractivity contribution in [3.05, 3.63) is 0 Å². The molecule has 3 N–H and O–H groups in total. The van der Waals surface area contributed by atoms with Gasteiger partial charge in [-0.2, -0.15) is 0 Å². The zero-order chi connectivity index (χ0) is 28.2. The molecular formula is C27H51IN2O7. The summed E-state index contributed by atoms with van der Waals surface area (Å²) in [6, 6.07) is -0.0216. The molecule has 0 unspecified atom stereocenters. The molecule has 10 heteroatoms. The van der Waals surface area contributed by atoms with Crippen molar-refractivity contribution in [1.82, 2.24) is 9.80 Å². The minimum Gasteiger partial charge on any atom is -0.448 e. The van der Waals surface area contributed by atoms with Crippen molar-refractivity contribution in [2.45, 2.75) is 120 Å². The van der Waals surface area contributed by atoms with Crippen LogP contribution < -0.4 is 0 Å². The number of nitrogens with zero attached hydrogens (tertiary/aromatic N) is 2. The van der Waals surface area contributed by atoms with Crippen LogP contribution in [-0.2, 0) is 19.0 Å². The van der Waals surface area contributed by atoms with E-state index in [0.29, 0.717) is 19.0 Å². The third-order valence-electron chi connectivity index (χ3n) is 8.49. The SMILES string of the molecule is C[C@@H]1CC[C@H](O[C@H]2C[C@@H](N(C)C)C[C@@H](C)O2)[C@@H](C)[C@H](O)[C@@H](C)C(=O)O[C@H](I)[C@@](C)(O)[C@H](O)[C@@H](C)N(C)C1. The lowest BCUT2D eigenvalue weighted by Crippen LogP contribution is -2.57. The fourth-order valence-corrected chi connectivity index (χ4v) is 6.05. The van der Waals surface area contributed by atoms with Crippen LogP contribution in [0.3, 0.4) is 0 Å². The summed E-state index contributed by atoms with van der Waals surface area (Å²) in [6.07, 6.45) is 0.415. The lowest BCUT2D eigenvalue weighted by molar-refractivity contribution is -0.236. The average Bonchev–Trinajstić information content (AvgIpc) is 2.82. The third kappa shape index (κ3) is 8.70. The molecule has 2 saturated heterocycles. The number of cyclic esters (lactones) is 1. The van der Waals surface area contributed by atoms with Crippen molar-refractivity contribution in [1.29, 1.82) is 0 Å². The number of rotatable bonds is 3. The van der Waals surface area contributed by atoms with E-state index in [2.05, 4.69) is 32.8 Å². The summed E-state index contributed by atoms with van der Waals surface area (Å²) in [5.41, 5.74) is -1.67. The maximum absolute atomic E-state index is 13.0. The number of hydrogen-bond donors (Lipinski definition) is 3. The normalized spacial score (nSPS) is 46.2. The summed E-state index contributed by atoms with van der Waals surface area (Å²) >= 11 is 1.84. The first-order chi connectivity index (χ1) is 17.1. The second kappa shape index (κ2) is 14.0. The average molecular weight is 643 g/mol. The summed E-state index contributed by atoms with van der Waals surface area (Å²) in [5.74, 6) is -1.54. The molecule has 2 aliphatic heterocycles. The number of esters is 1. The number of alkyl halides is 1. The van der Waals surface area contributed by atoms with Crippen LogP contribution in [0.4, 0.5) is 0 Å². The van der Waals surface area contributed by atoms with Crippen molar-refractivity contribution in [2.24, 2.45) is 17.8 Å². The van der Waals surface area contributed by atoms with E-state index in [-0.39, 0.29) is 36.4 Å². The fourth-order valence-electron chi connectivity index (χ4n) is 5.44. The summed E-state index contributed by atoms with van der Waals surface area (Å²) in [4.78, 5) is 17.2. The van der Waals surface area contributed by atoms with Gasteiger partial charge in [-0.15, -0.1) is 0 Å². The van der Waals surface area contributed by atoms with Gasteiger partial charge in [0, 0.05) is 31.0 Å². The predicted molar refractivity (Wildman–Crippen MR) is 151 cm³/mol. The van der Waals surface area contributed by atoms with Crippen molar-refractivity contribution in [3.8, 4) is 0 Å². The molecule has 0 amide bonds. The van der Waals surface area contributed by atoms with Gasteiger partial charge in [-0.3, -0.25) is 4.79 Å². The zero-order valence-corrected chi connectivity index (χ0v) is 26.3. The van der Waals surface area contributed by atoms with Crippen molar-refractivity contribution in [2.75, 3.05) is 27.7 Å². The number of carbonyl (C=O) groups is 1. The Morgan fingerprint density at radius 3 is 2.32 bits per heavy atom. The van der Waals surface area contributed by atoms with Crippen LogP contribution in [0, 0.1) is 17.8 Å². The van der Waals surface area contributed by atoms with Crippen LogP contribution >= 0.6 is 22.6 Å². The molecule has 0 aromatic rings. The van der Waals surface area contributed by atoms with E-state index < -0.39 is 33.8 Å². The molecule has 0 spiro atoms. The Hall–Kier alpha value is -0.0800. The molecule has 2 aliphatic rings. The first-order valence-electron chi connectivity index (χ1n) is 13.7. The van der Waals surface area contributed by atoms with Gasteiger partial charge >= 0.3 is 5.97 Å². The van der Waals surface area contributed by atoms with Gasteiger partial charge in [-0.1, -0.05) is 13.8 Å². The monoisotopic (exact) mass is 642 g/mol. The van der Waals surface area contributed by atoms with E-state index >= 15 is 0 Å². The predicted octanol–water partition coefficient (Wildman–Crippen LogP) is 2.63. The van der Waals surface area contributed by atoms with Crippen LogP contribution in [0.15, 0.2) is 0 Å². The number of aliphatic hydroxyl groups is 3. The Morgan fingerprint density at radius 1 is 1.11 bits per heavy atom. The van der Waals surface area contributed by atoms with Gasteiger partial charge < -0.3 is 39.3 Å². The number of halogens is 1. The number of hydrogen-bond acceptors (Lipinski definition) is 9. The second-order valence-corrected chi connectivity index (χ2v) is 13.2. The standard InChI is InChI=1S/C27H51IN2O7/c1-15-10-11-21(36-22-13-20(29(7)8)12-16(2)35-22)17(3)23(31)18(4)25(33)37-26(28)27(6,34)24(32)19(5)30(9)14-15/h15-24,26,31-32,34H,10-14H2,1-9H3/t15-,16-,17-,18-,19-,20+,21+,22+,23+,24-,26+,27+/m1/s1. The van der Waals surface area contributed by atoms with Crippen LogP contribution in [0.5, 0.6) is 0 Å². The topological polar surface area (TPSA) is 112 Å². The van der Waals surface area contributed by atoms with Crippen molar-refractivity contribution in [3.63, 3.8) is 0 Å². The summed E-state index contributed by atoms with van der Waals surface area (Å²) in [7, 11) is 6.06. The molecule has 0 saturated carbocycles. The Morgan fingerprint density at radius 2 is 1.73 bits per heavy atom. The Kier molecular flexibility index (Phi) is 12.5. The van der Waals surface area contributed by atoms with Crippen molar-refractivity contribution >= 4 is 28.6 Å². The molecular weight excluding hydrogens is 591 g/mol. The second-order valence-electron chi connectivity index (χ2n) is 12.1. The highest BCUT2D eigenvalue weighted by atomic mass is 127. The molecule has 37 heavy (non-hydrogen) atoms. The van der Waals surface area contributed by atoms with Crippen molar-refractivity contribution < 1.29 is 34.3 Å². The van der Waals surface area contributed by atoms with Crippen LogP contribution in [0.25, 0.3) is 0 Å². The molecule has 0 bridgehead atoms. The van der Waals surface area contributed by atoms with Crippen LogP contribution in [-0.4, -0.2) is 111 Å². The van der Waals surface area contributed by atoms with Gasteiger partial charge in [0.15, 0.2) is 10.4 Å². The van der Waals surface area contributed by atoms with E-state index in [0.717, 1.165) is 19.3 Å². The first kappa shape index (κ1) is 33.1. The van der Waals surface area contributed by atoms with Gasteiger partial charge in [0.2, 0.25) is 0 Å². The van der Waals surface area contributed by atoms with Gasteiger partial charge in [0.25, 0.3) is 0 Å². The smallest absolute Gasteiger partial charge is 0.312 e. The van der Waals surface area contributed by atoms with Gasteiger partial charge in [-0.05, 0) is 96.6 Å². The molecule has 0 aliphatic carbocycles. The molecule has 0 radical (unpaired) electrons. The molecule has 2 rings (SSSR count). The van der Waals surface area contributed by atoms with Gasteiger partial charge in [0.05, 0.1) is 24.2 Å². The maximum atomic E-state index is 13.0. The van der Waals surface area contributed by atoms with E-state index in [4.69, 9.17) is 14.2 Å². The fraction of sp³-hybridized carbons (Fsp3) is 0.963. The number of ether oxygens (including phenoxy) is 3. The lowest BCUT2D eigenvalue weighted by atomic mass is 9.86. The Labute approximate surface area is 237 Å². The minimum absolute atomic E-state index is 0.0661. The van der Waals surface area contributed by atoms with E-state index in [1.807, 2.05) is 48.4 Å². The largest absolute Gasteiger partial charge is 0.448 e. The summed E-state index contributed by atoms with van der Waals surface area (Å²) in [5, 5.41) is 33.3. The Balaban J connectivity index is 2.31. The van der Waals surface area contributed by atoms with E-state index in [1.165, 1.54) is 6.92 Å². The highest BCUT2D eigenvalue weighted by molar-refractivity contribution is 14.1. The highest BCUT2D eigenvalue weighted by Crippen LogP contribution is 2.33. The molecule has 9 nitrogen and oxygen atoms in total. The molecule has 2 fully saturated rings. The molecule has 0 aromatic carbocycles. The summed E-state index contributed by atoms with van der Waals surface area (Å²) < 4.78 is 17.3. The van der Waals surface area contributed by atoms with Crippen LogP contribution in [0.2, 0.25) is 0 Å². The molecule has 2 heterocycles. The van der Waals surface area contributed by atoms with Gasteiger partial charge in [0.1, 0.15) is 11.7 Å². The quantitative estimate of drug-likeness (QED) is 0.243. The molecule has 218 valence electrons. The zero-order valence-electron chi connectivity index (χ0n) is 24.1. The number of aliphatic hydroxyl groups excluding tert-OH is 2. The Bertz CT molecular complexity index is 727. The molecule has 0 aromatic heterocycles. The minimum atomic E-state index is -1.67. The number of likely N-dealkylation sites (N-methyl/N-ethyl adjacent to an activating group) is 1. The van der Waals surface area contributed by atoms with Crippen LogP contribution in [0.1, 0.15) is 67.2 Å². The maximum Gasteiger partial charge on any atom is 0.312 e. The summed E-state index contributed by atoms with van der Waals surface area (Å²) in [6.45, 7) is 11.8. The van der Waals surface area contributed by atoms with E-state index in [1.54, 1.807) is 6.92 Å². The number of carbonyl (C=O) groups excluding carboxylic acids is 1. The third-order valence-corrected chi connectivity index (χ3v) is 10.0.